The van der Waals surface area contributed by atoms with Crippen LogP contribution in [0.15, 0.2) is 0 Å². The van der Waals surface area contributed by atoms with E-state index in [1.165, 1.54) is 64.5 Å². The monoisotopic (exact) mass is 167 g/mol. The summed E-state index contributed by atoms with van der Waals surface area (Å²) in [7, 11) is 0. The summed E-state index contributed by atoms with van der Waals surface area (Å²) in [5.74, 6) is 0. The maximum Gasteiger partial charge on any atom is 0.00952 e. The molecule has 2 fully saturated rings. The number of fused-ring (bicyclic) bond motifs is 1. The Bertz CT molecular complexity index is 117. The van der Waals surface area contributed by atoms with Gasteiger partial charge < -0.3 is 4.90 Å². The summed E-state index contributed by atoms with van der Waals surface area (Å²) >= 11 is 0. The average molecular weight is 167 g/mol. The van der Waals surface area contributed by atoms with E-state index < -0.39 is 0 Å². The molecule has 2 aliphatic rings. The zero-order valence-electron chi connectivity index (χ0n) is 8.10. The zero-order chi connectivity index (χ0) is 8.23. The first-order valence-corrected chi connectivity index (χ1v) is 5.71. The van der Waals surface area contributed by atoms with Crippen LogP contribution in [0.5, 0.6) is 0 Å². The summed E-state index contributed by atoms with van der Waals surface area (Å²) < 4.78 is 0. The molecule has 0 aromatic rings. The van der Waals surface area contributed by atoms with Crippen molar-refractivity contribution in [2.24, 2.45) is 0 Å². The Morgan fingerprint density at radius 3 is 2.08 bits per heavy atom. The topological polar surface area (TPSA) is 3.24 Å². The molecule has 1 atom stereocenters. The van der Waals surface area contributed by atoms with Crippen LogP contribution in [0.25, 0.3) is 0 Å². The van der Waals surface area contributed by atoms with E-state index in [9.17, 15) is 0 Å². The van der Waals surface area contributed by atoms with E-state index in [1.54, 1.807) is 0 Å². The van der Waals surface area contributed by atoms with E-state index in [-0.39, 0.29) is 0 Å². The number of hydrogen-bond donors (Lipinski definition) is 0. The van der Waals surface area contributed by atoms with Crippen molar-refractivity contribution in [1.29, 1.82) is 0 Å². The standard InChI is InChI=1S/C11H21N/c1-2-5-9-12-10-6-4-8-11(12)7-3-1/h11H,1-10H2. The minimum absolute atomic E-state index is 0.971. The van der Waals surface area contributed by atoms with Crippen LogP contribution in [-0.2, 0) is 0 Å². The van der Waals surface area contributed by atoms with Gasteiger partial charge in [-0.05, 0) is 38.8 Å². The highest BCUT2D eigenvalue weighted by Crippen LogP contribution is 2.24. The van der Waals surface area contributed by atoms with Crippen molar-refractivity contribution in [3.63, 3.8) is 0 Å². The largest absolute Gasteiger partial charge is 0.300 e. The molecule has 0 spiro atoms. The normalized spacial score (nSPS) is 33.5. The molecule has 2 rings (SSSR count). The quantitative estimate of drug-likeness (QED) is 0.536. The van der Waals surface area contributed by atoms with Crippen molar-refractivity contribution in [1.82, 2.24) is 4.90 Å². The van der Waals surface area contributed by atoms with Crippen molar-refractivity contribution in [2.75, 3.05) is 13.1 Å². The lowest BCUT2D eigenvalue weighted by atomic mass is 9.94. The molecule has 0 aromatic heterocycles. The van der Waals surface area contributed by atoms with Crippen LogP contribution in [0.1, 0.15) is 51.4 Å². The molecular weight excluding hydrogens is 146 g/mol. The predicted octanol–water partition coefficient (Wildman–Crippen LogP) is 2.81. The highest BCUT2D eigenvalue weighted by Gasteiger charge is 2.22. The lowest BCUT2D eigenvalue weighted by Gasteiger charge is -2.37. The molecule has 1 nitrogen and oxygen atoms in total. The van der Waals surface area contributed by atoms with Gasteiger partial charge in [-0.1, -0.05) is 25.7 Å². The van der Waals surface area contributed by atoms with Gasteiger partial charge in [0.25, 0.3) is 0 Å². The fourth-order valence-corrected chi connectivity index (χ4v) is 2.73. The van der Waals surface area contributed by atoms with Crippen molar-refractivity contribution < 1.29 is 0 Å². The molecule has 0 radical (unpaired) electrons. The Morgan fingerprint density at radius 1 is 0.667 bits per heavy atom. The van der Waals surface area contributed by atoms with Crippen LogP contribution < -0.4 is 0 Å². The molecule has 1 heteroatoms. The van der Waals surface area contributed by atoms with E-state index in [4.69, 9.17) is 0 Å². The van der Waals surface area contributed by atoms with Crippen molar-refractivity contribution in [3.8, 4) is 0 Å². The van der Waals surface area contributed by atoms with E-state index in [2.05, 4.69) is 4.90 Å². The molecule has 0 saturated carbocycles. The van der Waals surface area contributed by atoms with Crippen LogP contribution in [0.4, 0.5) is 0 Å². The van der Waals surface area contributed by atoms with Gasteiger partial charge in [0.1, 0.15) is 0 Å². The molecule has 0 bridgehead atoms. The van der Waals surface area contributed by atoms with Gasteiger partial charge in [-0.3, -0.25) is 0 Å². The fourth-order valence-electron chi connectivity index (χ4n) is 2.73. The maximum absolute atomic E-state index is 2.75. The second-order valence-corrected chi connectivity index (χ2v) is 4.39. The SMILES string of the molecule is C1CCCN2CCCCC2CC1. The molecule has 2 aliphatic heterocycles. The number of piperidine rings is 1. The van der Waals surface area contributed by atoms with E-state index >= 15 is 0 Å². The van der Waals surface area contributed by atoms with Crippen LogP contribution in [-0.4, -0.2) is 24.0 Å². The molecule has 2 heterocycles. The molecular formula is C11H21N. The summed E-state index contributed by atoms with van der Waals surface area (Å²) in [6.45, 7) is 2.79. The Morgan fingerprint density at radius 2 is 1.25 bits per heavy atom. The fraction of sp³-hybridized carbons (Fsp3) is 1.00. The number of rotatable bonds is 0. The lowest BCUT2D eigenvalue weighted by Crippen LogP contribution is -2.40. The molecule has 0 aliphatic carbocycles. The van der Waals surface area contributed by atoms with Gasteiger partial charge in [0.05, 0.1) is 0 Å². The zero-order valence-corrected chi connectivity index (χ0v) is 8.10. The summed E-state index contributed by atoms with van der Waals surface area (Å²) in [5.41, 5.74) is 0. The highest BCUT2D eigenvalue weighted by atomic mass is 15.2. The van der Waals surface area contributed by atoms with Crippen LogP contribution >= 0.6 is 0 Å². The third kappa shape index (κ3) is 2.01. The first kappa shape index (κ1) is 8.55. The minimum Gasteiger partial charge on any atom is -0.300 e. The van der Waals surface area contributed by atoms with Gasteiger partial charge in [0, 0.05) is 6.04 Å². The maximum atomic E-state index is 2.75. The van der Waals surface area contributed by atoms with Crippen LogP contribution in [0, 0.1) is 0 Å². The first-order chi connectivity index (χ1) is 5.97. The van der Waals surface area contributed by atoms with Gasteiger partial charge >= 0.3 is 0 Å². The van der Waals surface area contributed by atoms with Gasteiger partial charge in [-0.2, -0.15) is 0 Å². The molecule has 0 amide bonds. The Hall–Kier alpha value is -0.0400. The van der Waals surface area contributed by atoms with Crippen molar-refractivity contribution in [2.45, 2.75) is 57.4 Å². The van der Waals surface area contributed by atoms with Crippen molar-refractivity contribution in [3.05, 3.63) is 0 Å². The molecule has 2 saturated heterocycles. The van der Waals surface area contributed by atoms with Crippen LogP contribution in [0.2, 0.25) is 0 Å². The molecule has 1 unspecified atom stereocenters. The first-order valence-electron chi connectivity index (χ1n) is 5.71. The van der Waals surface area contributed by atoms with Crippen LogP contribution in [0.3, 0.4) is 0 Å². The Balaban J connectivity index is 1.89. The number of hydrogen-bond acceptors (Lipinski definition) is 1. The van der Waals surface area contributed by atoms with E-state index in [1.807, 2.05) is 0 Å². The minimum atomic E-state index is 0.971. The van der Waals surface area contributed by atoms with Gasteiger partial charge in [0.15, 0.2) is 0 Å². The lowest BCUT2D eigenvalue weighted by molar-refractivity contribution is 0.126. The molecule has 0 N–H and O–H groups in total. The Labute approximate surface area is 76.1 Å². The number of nitrogens with zero attached hydrogens (tertiary/aromatic N) is 1. The summed E-state index contributed by atoms with van der Waals surface area (Å²) in [5, 5.41) is 0. The third-order valence-corrected chi connectivity index (χ3v) is 3.48. The summed E-state index contributed by atoms with van der Waals surface area (Å²) in [6.07, 6.45) is 11.8. The van der Waals surface area contributed by atoms with Gasteiger partial charge in [-0.25, -0.2) is 0 Å². The van der Waals surface area contributed by atoms with Gasteiger partial charge in [0.2, 0.25) is 0 Å². The second-order valence-electron chi connectivity index (χ2n) is 4.39. The van der Waals surface area contributed by atoms with E-state index in [0.717, 1.165) is 6.04 Å². The predicted molar refractivity (Wildman–Crippen MR) is 52.3 cm³/mol. The highest BCUT2D eigenvalue weighted by molar-refractivity contribution is 4.78. The molecule has 12 heavy (non-hydrogen) atoms. The third-order valence-electron chi connectivity index (χ3n) is 3.48. The average Bonchev–Trinajstić information content (AvgIpc) is 2.06. The second kappa shape index (κ2) is 4.27. The molecule has 70 valence electrons. The van der Waals surface area contributed by atoms with E-state index in [0.29, 0.717) is 0 Å². The summed E-state index contributed by atoms with van der Waals surface area (Å²) in [6, 6.07) is 0.971. The molecule has 0 aromatic carbocycles. The van der Waals surface area contributed by atoms with Gasteiger partial charge in [-0.15, -0.1) is 0 Å². The van der Waals surface area contributed by atoms with Crippen molar-refractivity contribution >= 4 is 0 Å². The Kier molecular flexibility index (Phi) is 3.04. The summed E-state index contributed by atoms with van der Waals surface area (Å²) in [4.78, 5) is 2.75. The smallest absolute Gasteiger partial charge is 0.00952 e.